The van der Waals surface area contributed by atoms with Crippen LogP contribution >= 0.6 is 23.7 Å². The van der Waals surface area contributed by atoms with E-state index in [-0.39, 0.29) is 30.9 Å². The molecule has 0 unspecified atom stereocenters. The Morgan fingerprint density at radius 1 is 1.16 bits per heavy atom. The van der Waals surface area contributed by atoms with E-state index in [0.717, 1.165) is 40.7 Å². The third-order valence-electron chi connectivity index (χ3n) is 5.07. The van der Waals surface area contributed by atoms with E-state index < -0.39 is 0 Å². The van der Waals surface area contributed by atoms with Gasteiger partial charge in [-0.3, -0.25) is 4.79 Å². The molecular formula is C23H25ClN2O4S. The highest BCUT2D eigenvalue weighted by Crippen LogP contribution is 2.37. The van der Waals surface area contributed by atoms with Gasteiger partial charge >= 0.3 is 5.97 Å². The zero-order valence-corrected chi connectivity index (χ0v) is 19.1. The Labute approximate surface area is 191 Å². The second-order valence-electron chi connectivity index (χ2n) is 7.26. The van der Waals surface area contributed by atoms with E-state index >= 15 is 0 Å². The molecule has 2 aromatic carbocycles. The highest BCUT2D eigenvalue weighted by atomic mass is 35.5. The number of rotatable bonds is 6. The van der Waals surface area contributed by atoms with Crippen LogP contribution in [0.25, 0.3) is 10.8 Å². The van der Waals surface area contributed by atoms with Gasteiger partial charge in [-0.05, 0) is 48.9 Å². The quantitative estimate of drug-likeness (QED) is 0.548. The van der Waals surface area contributed by atoms with Gasteiger partial charge in [0.05, 0.1) is 12.2 Å². The Morgan fingerprint density at radius 3 is 2.71 bits per heavy atom. The fraction of sp³-hybridized carbons (Fsp3) is 0.304. The number of carbonyl (C=O) groups is 2. The number of halogens is 1. The maximum atomic E-state index is 12.6. The van der Waals surface area contributed by atoms with Crippen molar-refractivity contribution in [3.8, 4) is 5.75 Å². The fourth-order valence-electron chi connectivity index (χ4n) is 3.61. The summed E-state index contributed by atoms with van der Waals surface area (Å²) in [4.78, 5) is 28.4. The molecule has 0 radical (unpaired) electrons. The van der Waals surface area contributed by atoms with E-state index in [1.165, 1.54) is 11.3 Å². The van der Waals surface area contributed by atoms with E-state index in [1.807, 2.05) is 49.5 Å². The second-order valence-corrected chi connectivity index (χ2v) is 8.37. The van der Waals surface area contributed by atoms with Gasteiger partial charge < -0.3 is 19.7 Å². The van der Waals surface area contributed by atoms with E-state index in [0.29, 0.717) is 22.9 Å². The van der Waals surface area contributed by atoms with Crippen molar-refractivity contribution in [1.82, 2.24) is 4.90 Å². The van der Waals surface area contributed by atoms with E-state index in [4.69, 9.17) is 9.47 Å². The number of ether oxygens (including phenoxy) is 2. The smallest absolute Gasteiger partial charge is 0.341 e. The summed E-state index contributed by atoms with van der Waals surface area (Å²) in [6.07, 6.45) is 0.764. The van der Waals surface area contributed by atoms with Gasteiger partial charge in [-0.2, -0.15) is 0 Å². The predicted octanol–water partition coefficient (Wildman–Crippen LogP) is 4.51. The van der Waals surface area contributed by atoms with Crippen LogP contribution in [0.4, 0.5) is 5.00 Å². The number of hydrogen-bond donors (Lipinski definition) is 1. The first-order chi connectivity index (χ1) is 14.5. The first kappa shape index (κ1) is 23.1. The average Bonchev–Trinajstić information content (AvgIpc) is 3.09. The number of esters is 1. The van der Waals surface area contributed by atoms with Crippen molar-refractivity contribution >= 4 is 51.4 Å². The van der Waals surface area contributed by atoms with Crippen molar-refractivity contribution in [1.29, 1.82) is 0 Å². The summed E-state index contributed by atoms with van der Waals surface area (Å²) in [5, 5.41) is 5.57. The zero-order valence-electron chi connectivity index (χ0n) is 17.5. The molecule has 4 rings (SSSR count). The molecule has 0 atom stereocenters. The van der Waals surface area contributed by atoms with Crippen molar-refractivity contribution in [3.63, 3.8) is 0 Å². The average molecular weight is 461 g/mol. The monoisotopic (exact) mass is 460 g/mol. The number of thiophene rings is 1. The minimum absolute atomic E-state index is 0. The topological polar surface area (TPSA) is 67.9 Å². The highest BCUT2D eigenvalue weighted by Gasteiger charge is 2.28. The Kier molecular flexibility index (Phi) is 7.54. The van der Waals surface area contributed by atoms with Gasteiger partial charge in [0.1, 0.15) is 10.8 Å². The number of hydrogen-bond acceptors (Lipinski definition) is 6. The molecule has 1 aliphatic rings. The lowest BCUT2D eigenvalue weighted by atomic mass is 10.0. The van der Waals surface area contributed by atoms with Crippen LogP contribution in [-0.2, 0) is 22.5 Å². The molecule has 2 heterocycles. The van der Waals surface area contributed by atoms with Gasteiger partial charge in [-0.25, -0.2) is 4.79 Å². The molecule has 1 N–H and O–H groups in total. The minimum atomic E-state index is -0.384. The molecule has 8 heteroatoms. The summed E-state index contributed by atoms with van der Waals surface area (Å²) in [5.74, 6) is -0.0625. The minimum Gasteiger partial charge on any atom is -0.484 e. The van der Waals surface area contributed by atoms with Crippen LogP contribution in [0.1, 0.15) is 27.7 Å². The number of amides is 1. The number of nitrogens with zero attached hydrogens (tertiary/aromatic N) is 1. The van der Waals surface area contributed by atoms with Gasteiger partial charge in [0.2, 0.25) is 0 Å². The molecular weight excluding hydrogens is 436 g/mol. The molecule has 1 aliphatic heterocycles. The molecule has 1 aromatic heterocycles. The van der Waals surface area contributed by atoms with E-state index in [9.17, 15) is 9.59 Å². The first-order valence-corrected chi connectivity index (χ1v) is 10.8. The van der Waals surface area contributed by atoms with Crippen LogP contribution in [0.2, 0.25) is 0 Å². The summed E-state index contributed by atoms with van der Waals surface area (Å²) >= 11 is 1.44. The van der Waals surface area contributed by atoms with Gasteiger partial charge in [0, 0.05) is 18.0 Å². The van der Waals surface area contributed by atoms with Gasteiger partial charge in [0.15, 0.2) is 6.61 Å². The molecule has 31 heavy (non-hydrogen) atoms. The number of anilines is 1. The molecule has 3 aromatic rings. The number of fused-ring (bicyclic) bond motifs is 2. The first-order valence-electron chi connectivity index (χ1n) is 9.96. The largest absolute Gasteiger partial charge is 0.484 e. The van der Waals surface area contributed by atoms with Crippen LogP contribution in [0.3, 0.4) is 0 Å². The van der Waals surface area contributed by atoms with Crippen LogP contribution in [0.5, 0.6) is 5.75 Å². The Morgan fingerprint density at radius 2 is 1.94 bits per heavy atom. The van der Waals surface area contributed by atoms with Gasteiger partial charge in [-0.15, -0.1) is 23.7 Å². The third-order valence-corrected chi connectivity index (χ3v) is 6.20. The molecule has 0 aliphatic carbocycles. The molecule has 0 saturated carbocycles. The maximum Gasteiger partial charge on any atom is 0.341 e. The predicted molar refractivity (Wildman–Crippen MR) is 126 cm³/mol. The van der Waals surface area contributed by atoms with Crippen molar-refractivity contribution in [2.24, 2.45) is 0 Å². The Bertz CT molecular complexity index is 1100. The standard InChI is InChI=1S/C23H24N2O4S.ClH/c1-3-28-23(27)21-18-10-11-25(2)13-19(18)30-22(21)24-20(26)14-29-17-9-8-15-6-4-5-7-16(15)12-17;/h4-9,12H,3,10-11,13-14H2,1-2H3,(H,24,26);1H. The molecule has 6 nitrogen and oxygen atoms in total. The summed E-state index contributed by atoms with van der Waals surface area (Å²) in [7, 11) is 2.04. The van der Waals surface area contributed by atoms with Crippen molar-refractivity contribution in [3.05, 3.63) is 58.5 Å². The van der Waals surface area contributed by atoms with Crippen LogP contribution < -0.4 is 10.1 Å². The number of likely N-dealkylation sites (N-methyl/N-ethyl adjacent to an activating group) is 1. The van der Waals surface area contributed by atoms with Crippen molar-refractivity contribution in [2.75, 3.05) is 32.1 Å². The molecule has 1 amide bonds. The summed E-state index contributed by atoms with van der Waals surface area (Å²) in [6.45, 7) is 3.56. The van der Waals surface area contributed by atoms with Crippen LogP contribution in [0.15, 0.2) is 42.5 Å². The summed E-state index contributed by atoms with van der Waals surface area (Å²) < 4.78 is 10.9. The second kappa shape index (κ2) is 10.1. The highest BCUT2D eigenvalue weighted by molar-refractivity contribution is 7.17. The van der Waals surface area contributed by atoms with E-state index in [1.54, 1.807) is 6.92 Å². The Balaban J connectivity index is 0.00000272. The van der Waals surface area contributed by atoms with Gasteiger partial charge in [-0.1, -0.05) is 30.3 Å². The lowest BCUT2D eigenvalue weighted by molar-refractivity contribution is -0.118. The number of nitrogens with one attached hydrogen (secondary N) is 1. The lowest BCUT2D eigenvalue weighted by Gasteiger charge is -2.22. The van der Waals surface area contributed by atoms with Crippen LogP contribution in [0, 0.1) is 0 Å². The van der Waals surface area contributed by atoms with Crippen molar-refractivity contribution < 1.29 is 19.1 Å². The van der Waals surface area contributed by atoms with E-state index in [2.05, 4.69) is 10.2 Å². The molecule has 0 fully saturated rings. The maximum absolute atomic E-state index is 12.6. The van der Waals surface area contributed by atoms with Gasteiger partial charge in [0.25, 0.3) is 5.91 Å². The number of carbonyl (C=O) groups excluding carboxylic acids is 2. The van der Waals surface area contributed by atoms with Crippen molar-refractivity contribution in [2.45, 2.75) is 19.9 Å². The third kappa shape index (κ3) is 5.18. The molecule has 164 valence electrons. The summed E-state index contributed by atoms with van der Waals surface area (Å²) in [5.41, 5.74) is 1.48. The summed E-state index contributed by atoms with van der Waals surface area (Å²) in [6, 6.07) is 13.7. The van der Waals surface area contributed by atoms with Crippen LogP contribution in [-0.4, -0.2) is 43.6 Å². The molecule has 0 bridgehead atoms. The molecule has 0 spiro atoms. The SMILES string of the molecule is CCOC(=O)c1c(NC(=O)COc2ccc3ccccc3c2)sc2c1CCN(C)C2.Cl. The number of benzene rings is 2. The molecule has 0 saturated heterocycles. The Hall–Kier alpha value is -2.61. The lowest BCUT2D eigenvalue weighted by Crippen LogP contribution is -2.26. The normalized spacial score (nSPS) is 13.2. The fourth-order valence-corrected chi connectivity index (χ4v) is 4.94. The zero-order chi connectivity index (χ0) is 21.1.